The number of carbonyl (C=O) groups excluding carboxylic acids is 2. The third kappa shape index (κ3) is 7.30. The van der Waals surface area contributed by atoms with Crippen molar-refractivity contribution in [2.75, 3.05) is 42.9 Å². The van der Waals surface area contributed by atoms with E-state index in [9.17, 15) is 14.0 Å². The van der Waals surface area contributed by atoms with E-state index in [2.05, 4.69) is 20.4 Å². The van der Waals surface area contributed by atoms with Crippen LogP contribution in [0.1, 0.15) is 54.0 Å². The quantitative estimate of drug-likeness (QED) is 0.224. The maximum Gasteiger partial charge on any atom is 0.256 e. The third-order valence-corrected chi connectivity index (χ3v) is 7.95. The van der Waals surface area contributed by atoms with Gasteiger partial charge in [-0.05, 0) is 72.9 Å². The molecule has 2 amide bonds. The lowest BCUT2D eigenvalue weighted by Crippen LogP contribution is -2.42. The smallest absolute Gasteiger partial charge is 0.256 e. The fourth-order valence-electron chi connectivity index (χ4n) is 5.70. The van der Waals surface area contributed by atoms with E-state index in [1.807, 2.05) is 91.9 Å². The molecule has 0 radical (unpaired) electrons. The Hall–Kier alpha value is -4.49. The van der Waals surface area contributed by atoms with E-state index >= 15 is 0 Å². The summed E-state index contributed by atoms with van der Waals surface area (Å²) in [6, 6.07) is 32.3. The molecule has 222 valence electrons. The highest BCUT2D eigenvalue weighted by atomic mass is 19.1. The van der Waals surface area contributed by atoms with Gasteiger partial charge in [0.05, 0.1) is 0 Å². The van der Waals surface area contributed by atoms with Crippen molar-refractivity contribution >= 4 is 23.2 Å². The molecule has 1 saturated heterocycles. The highest BCUT2D eigenvalue weighted by Gasteiger charge is 2.29. The number of rotatable bonds is 9. The number of amides is 2. The van der Waals surface area contributed by atoms with Crippen molar-refractivity contribution in [2.24, 2.45) is 0 Å². The second-order valence-corrected chi connectivity index (χ2v) is 10.9. The Morgan fingerprint density at radius 1 is 0.791 bits per heavy atom. The van der Waals surface area contributed by atoms with Gasteiger partial charge in [0.1, 0.15) is 12.2 Å². The van der Waals surface area contributed by atoms with Gasteiger partial charge in [-0.1, -0.05) is 72.8 Å². The topological polar surface area (TPSA) is 64.7 Å². The molecular weight excluding hydrogens is 539 g/mol. The molecule has 0 aliphatic carbocycles. The van der Waals surface area contributed by atoms with Crippen LogP contribution in [0.15, 0.2) is 103 Å². The molecule has 2 atom stereocenters. The minimum Gasteiger partial charge on any atom is -0.370 e. The van der Waals surface area contributed by atoms with Crippen molar-refractivity contribution < 1.29 is 14.0 Å². The zero-order valence-corrected chi connectivity index (χ0v) is 24.8. The first kappa shape index (κ1) is 30.0. The van der Waals surface area contributed by atoms with Gasteiger partial charge in [0.2, 0.25) is 5.91 Å². The Balaban J connectivity index is 1.25. The van der Waals surface area contributed by atoms with Crippen LogP contribution >= 0.6 is 0 Å². The maximum atomic E-state index is 13.7. The van der Waals surface area contributed by atoms with Crippen LogP contribution in [0.25, 0.3) is 11.1 Å². The molecule has 0 spiro atoms. The molecule has 1 heterocycles. The maximum absolute atomic E-state index is 13.7. The van der Waals surface area contributed by atoms with Gasteiger partial charge >= 0.3 is 0 Å². The number of hydrogen-bond donors (Lipinski definition) is 2. The highest BCUT2D eigenvalue weighted by molar-refractivity contribution is 6.08. The van der Waals surface area contributed by atoms with Crippen molar-refractivity contribution in [3.8, 4) is 11.1 Å². The van der Waals surface area contributed by atoms with Gasteiger partial charge in [-0.25, -0.2) is 4.39 Å². The van der Waals surface area contributed by atoms with Gasteiger partial charge in [-0.2, -0.15) is 0 Å². The van der Waals surface area contributed by atoms with Crippen molar-refractivity contribution in [3.63, 3.8) is 0 Å². The second kappa shape index (κ2) is 14.1. The molecule has 6 nitrogen and oxygen atoms in total. The molecule has 1 aliphatic heterocycles. The van der Waals surface area contributed by atoms with Crippen LogP contribution in [-0.2, 0) is 4.79 Å². The Kier molecular flexibility index (Phi) is 9.84. The first-order valence-electron chi connectivity index (χ1n) is 15.0. The fourth-order valence-corrected chi connectivity index (χ4v) is 5.70. The second-order valence-electron chi connectivity index (χ2n) is 10.9. The number of nitrogens with one attached hydrogen (secondary N) is 2. The van der Waals surface area contributed by atoms with Crippen LogP contribution < -0.4 is 15.5 Å². The van der Waals surface area contributed by atoms with Gasteiger partial charge < -0.3 is 15.5 Å². The first-order chi connectivity index (χ1) is 20.9. The lowest BCUT2D eigenvalue weighted by Gasteiger charge is -2.30. The van der Waals surface area contributed by atoms with E-state index < -0.39 is 6.17 Å². The van der Waals surface area contributed by atoms with Gasteiger partial charge in [-0.15, -0.1) is 0 Å². The summed E-state index contributed by atoms with van der Waals surface area (Å²) < 4.78 is 13.7. The number of likely N-dealkylation sites (N-methyl/N-ethyl adjacent to an activating group) is 1. The molecule has 2 unspecified atom stereocenters. The molecule has 7 heteroatoms. The monoisotopic (exact) mass is 578 g/mol. The Morgan fingerprint density at radius 2 is 1.49 bits per heavy atom. The van der Waals surface area contributed by atoms with Crippen LogP contribution in [0.3, 0.4) is 0 Å². The summed E-state index contributed by atoms with van der Waals surface area (Å²) in [5.74, 6) is -0.163. The number of carbonyl (C=O) groups is 2. The molecule has 5 rings (SSSR count). The summed E-state index contributed by atoms with van der Waals surface area (Å²) >= 11 is 0. The molecule has 1 fully saturated rings. The summed E-state index contributed by atoms with van der Waals surface area (Å²) in [6.45, 7) is 7.33. The number of benzene rings is 4. The van der Waals surface area contributed by atoms with E-state index in [0.29, 0.717) is 23.4 Å². The zero-order valence-electron chi connectivity index (χ0n) is 24.8. The van der Waals surface area contributed by atoms with E-state index in [1.165, 1.54) is 6.92 Å². The van der Waals surface area contributed by atoms with E-state index in [-0.39, 0.29) is 17.9 Å². The summed E-state index contributed by atoms with van der Waals surface area (Å²) in [5.41, 5.74) is 5.63. The van der Waals surface area contributed by atoms with Crippen LogP contribution in [-0.4, -0.2) is 49.4 Å². The first-order valence-corrected chi connectivity index (χ1v) is 15.0. The molecule has 4 aromatic carbocycles. The Bertz CT molecular complexity index is 1510. The molecule has 0 bridgehead atoms. The molecule has 2 N–H and O–H groups in total. The van der Waals surface area contributed by atoms with Crippen molar-refractivity contribution in [1.82, 2.24) is 10.2 Å². The van der Waals surface area contributed by atoms with Crippen molar-refractivity contribution in [1.29, 1.82) is 0 Å². The van der Waals surface area contributed by atoms with Gasteiger partial charge in [0.15, 0.2) is 0 Å². The summed E-state index contributed by atoms with van der Waals surface area (Å²) in [4.78, 5) is 31.0. The molecule has 0 aromatic heterocycles. The SMILES string of the molecule is CCNC(=O)C(c1ccccc1)N1CCCN(c2ccc(NC(=O)c3ccccc3-c3ccc(C(C)F)cc3)cc2)CC1. The normalized spacial score (nSPS) is 15.3. The zero-order chi connectivity index (χ0) is 30.2. The lowest BCUT2D eigenvalue weighted by atomic mass is 9.97. The fraction of sp³-hybridized carbons (Fsp3) is 0.278. The van der Waals surface area contributed by atoms with Gasteiger partial charge in [0, 0.05) is 49.7 Å². The molecule has 1 aliphatic rings. The predicted molar refractivity (Wildman–Crippen MR) is 172 cm³/mol. The largest absolute Gasteiger partial charge is 0.370 e. The lowest BCUT2D eigenvalue weighted by molar-refractivity contribution is -0.126. The third-order valence-electron chi connectivity index (χ3n) is 7.95. The highest BCUT2D eigenvalue weighted by Crippen LogP contribution is 2.28. The van der Waals surface area contributed by atoms with Crippen LogP contribution in [0, 0.1) is 0 Å². The average molecular weight is 579 g/mol. The summed E-state index contributed by atoms with van der Waals surface area (Å²) in [5, 5.41) is 6.05. The summed E-state index contributed by atoms with van der Waals surface area (Å²) in [7, 11) is 0. The number of hydrogen-bond acceptors (Lipinski definition) is 4. The number of alkyl halides is 1. The number of nitrogens with zero attached hydrogens (tertiary/aromatic N) is 2. The van der Waals surface area contributed by atoms with Crippen molar-refractivity contribution in [3.05, 3.63) is 120 Å². The Morgan fingerprint density at radius 3 is 2.19 bits per heavy atom. The summed E-state index contributed by atoms with van der Waals surface area (Å²) in [6.07, 6.45) is -0.106. The predicted octanol–water partition coefficient (Wildman–Crippen LogP) is 7.03. The van der Waals surface area contributed by atoms with Gasteiger partial charge in [-0.3, -0.25) is 14.5 Å². The minimum absolute atomic E-state index is 0.0372. The van der Waals surface area contributed by atoms with E-state index in [1.54, 1.807) is 18.2 Å². The van der Waals surface area contributed by atoms with Crippen LogP contribution in [0.5, 0.6) is 0 Å². The standard InChI is InChI=1S/C36H39FN4O2/c1-3-38-36(43)34(29-10-5-4-6-11-29)41-23-9-22-40(24-25-41)31-20-18-30(19-21-31)39-35(42)33-13-8-7-12-32(33)28-16-14-27(15-17-28)26(2)37/h4-8,10-21,26,34H,3,9,22-25H2,1-2H3,(H,38,43)(H,39,42). The van der Waals surface area contributed by atoms with E-state index in [0.717, 1.165) is 55.0 Å². The van der Waals surface area contributed by atoms with Crippen molar-refractivity contribution in [2.45, 2.75) is 32.5 Å². The minimum atomic E-state index is -1.04. The van der Waals surface area contributed by atoms with Gasteiger partial charge in [0.25, 0.3) is 5.91 Å². The van der Waals surface area contributed by atoms with Crippen LogP contribution in [0.4, 0.5) is 15.8 Å². The van der Waals surface area contributed by atoms with E-state index in [4.69, 9.17) is 0 Å². The Labute approximate surface area is 253 Å². The molecular formula is C36H39FN4O2. The molecule has 43 heavy (non-hydrogen) atoms. The molecule has 4 aromatic rings. The number of anilines is 2. The average Bonchev–Trinajstić information content (AvgIpc) is 3.28. The van der Waals surface area contributed by atoms with Crippen LogP contribution in [0.2, 0.25) is 0 Å². The molecule has 0 saturated carbocycles. The number of halogens is 1.